The smallest absolute Gasteiger partial charge is 0.443 e. The van der Waals surface area contributed by atoms with Gasteiger partial charge in [-0.2, -0.15) is 13.2 Å². The summed E-state index contributed by atoms with van der Waals surface area (Å²) in [6.45, 7) is 3.64. The molecule has 2 aliphatic heterocycles. The number of alkyl halides is 3. The molecule has 0 bridgehead atoms. The molecular weight excluding hydrogens is 461 g/mol. The Labute approximate surface area is 191 Å². The van der Waals surface area contributed by atoms with Crippen molar-refractivity contribution < 1.29 is 32.3 Å². The van der Waals surface area contributed by atoms with Gasteiger partial charge in [0.05, 0.1) is 11.4 Å². The van der Waals surface area contributed by atoms with Gasteiger partial charge >= 0.3 is 6.18 Å². The molecule has 0 spiro atoms. The molecule has 8 nitrogen and oxygen atoms in total. The number of thiazole rings is 1. The van der Waals surface area contributed by atoms with Crippen LogP contribution in [0.5, 0.6) is 5.75 Å². The molecule has 1 aromatic carbocycles. The third kappa shape index (κ3) is 5.01. The van der Waals surface area contributed by atoms with Gasteiger partial charge in [-0.25, -0.2) is 4.98 Å². The lowest BCUT2D eigenvalue weighted by Gasteiger charge is -2.34. The topological polar surface area (TPSA) is 91.8 Å². The minimum absolute atomic E-state index is 0.0103. The van der Waals surface area contributed by atoms with Crippen molar-refractivity contribution in [3.63, 3.8) is 0 Å². The molecule has 0 aliphatic carbocycles. The molecule has 1 aromatic heterocycles. The van der Waals surface area contributed by atoms with Gasteiger partial charge in [0.1, 0.15) is 10.6 Å². The number of carbonyl (C=O) groups is 3. The molecule has 1 atom stereocenters. The lowest BCUT2D eigenvalue weighted by atomic mass is 10.1. The van der Waals surface area contributed by atoms with Crippen LogP contribution >= 0.6 is 11.3 Å². The molecular formula is C21H21F3N4O4S. The highest BCUT2D eigenvalue weighted by Crippen LogP contribution is 2.35. The standard InChI is InChI=1S/C21H21F3N4O4S/c1-12-18(33-20(25-12)21(22,23)24)19(31)28-8-6-27(7-9-28)5-4-15(30)13-2-3-14-16(10-13)32-17(11-29)26-14/h2-3,10-11,17,26H,4-9H2,1H3. The zero-order chi connectivity index (χ0) is 23.8. The summed E-state index contributed by atoms with van der Waals surface area (Å²) in [4.78, 5) is 43.2. The number of aldehydes is 1. The maximum atomic E-state index is 12.9. The summed E-state index contributed by atoms with van der Waals surface area (Å²) < 4.78 is 44.0. The predicted octanol–water partition coefficient (Wildman–Crippen LogP) is 2.83. The number of Topliss-reactive ketones (excluding diaryl/α,β-unsaturated/α-hetero) is 1. The summed E-state index contributed by atoms with van der Waals surface area (Å²) in [6.07, 6.45) is -4.42. The van der Waals surface area contributed by atoms with Crippen molar-refractivity contribution >= 4 is 35.0 Å². The predicted molar refractivity (Wildman–Crippen MR) is 114 cm³/mol. The van der Waals surface area contributed by atoms with Gasteiger partial charge in [-0.3, -0.25) is 19.3 Å². The third-order valence-electron chi connectivity index (χ3n) is 5.53. The van der Waals surface area contributed by atoms with E-state index in [9.17, 15) is 27.6 Å². The second-order valence-electron chi connectivity index (χ2n) is 7.77. The Morgan fingerprint density at radius 1 is 1.27 bits per heavy atom. The number of aryl methyl sites for hydroxylation is 1. The number of carbonyl (C=O) groups excluding carboxylic acids is 3. The molecule has 0 radical (unpaired) electrons. The van der Waals surface area contributed by atoms with Crippen molar-refractivity contribution in [2.24, 2.45) is 0 Å². The highest BCUT2D eigenvalue weighted by atomic mass is 32.1. The van der Waals surface area contributed by atoms with E-state index in [0.29, 0.717) is 67.3 Å². The fraction of sp³-hybridized carbons (Fsp3) is 0.429. The molecule has 2 aliphatic rings. The molecule has 1 amide bonds. The van der Waals surface area contributed by atoms with E-state index in [0.717, 1.165) is 0 Å². The maximum Gasteiger partial charge on any atom is 0.443 e. The van der Waals surface area contributed by atoms with Crippen LogP contribution in [0.3, 0.4) is 0 Å². The van der Waals surface area contributed by atoms with E-state index in [4.69, 9.17) is 4.74 Å². The first-order valence-corrected chi connectivity index (χ1v) is 11.1. The molecule has 12 heteroatoms. The summed E-state index contributed by atoms with van der Waals surface area (Å²) in [5.74, 6) is -0.0665. The van der Waals surface area contributed by atoms with Crippen LogP contribution < -0.4 is 10.1 Å². The van der Waals surface area contributed by atoms with E-state index in [-0.39, 0.29) is 22.8 Å². The molecule has 1 N–H and O–H groups in total. The molecule has 3 heterocycles. The van der Waals surface area contributed by atoms with Crippen LogP contribution in [0.25, 0.3) is 0 Å². The van der Waals surface area contributed by atoms with Gasteiger partial charge in [-0.05, 0) is 25.1 Å². The van der Waals surface area contributed by atoms with Crippen LogP contribution in [-0.4, -0.2) is 71.7 Å². The van der Waals surface area contributed by atoms with Crippen molar-refractivity contribution in [2.45, 2.75) is 25.7 Å². The van der Waals surface area contributed by atoms with Crippen LogP contribution in [0.4, 0.5) is 18.9 Å². The fourth-order valence-electron chi connectivity index (χ4n) is 3.73. The molecule has 1 saturated heterocycles. The van der Waals surface area contributed by atoms with Crippen molar-refractivity contribution in [3.05, 3.63) is 39.3 Å². The number of piperazine rings is 1. The average Bonchev–Trinajstić information content (AvgIpc) is 3.39. The number of benzene rings is 1. The van der Waals surface area contributed by atoms with Crippen LogP contribution in [0.2, 0.25) is 0 Å². The Morgan fingerprint density at radius 3 is 2.64 bits per heavy atom. The van der Waals surface area contributed by atoms with E-state index in [1.54, 1.807) is 18.2 Å². The number of anilines is 1. The number of rotatable bonds is 6. The first-order chi connectivity index (χ1) is 15.7. The minimum atomic E-state index is -4.57. The molecule has 4 rings (SSSR count). The maximum absolute atomic E-state index is 12.9. The SMILES string of the molecule is Cc1nc(C(F)(F)F)sc1C(=O)N1CCN(CCC(=O)c2ccc3c(c2)OC(C=O)N3)CC1. The lowest BCUT2D eigenvalue weighted by molar-refractivity contribution is -0.137. The van der Waals surface area contributed by atoms with E-state index in [1.165, 1.54) is 11.8 Å². The summed E-state index contributed by atoms with van der Waals surface area (Å²) in [7, 11) is 0. The number of ether oxygens (including phenoxy) is 1. The Kier molecular flexibility index (Phi) is 6.39. The lowest BCUT2D eigenvalue weighted by Crippen LogP contribution is -2.49. The number of fused-ring (bicyclic) bond motifs is 1. The number of halogens is 3. The molecule has 1 unspecified atom stereocenters. The van der Waals surface area contributed by atoms with Gasteiger partial charge in [0.2, 0.25) is 6.23 Å². The molecule has 176 valence electrons. The Hall–Kier alpha value is -2.99. The Morgan fingerprint density at radius 2 is 2.00 bits per heavy atom. The minimum Gasteiger partial charge on any atom is -0.461 e. The van der Waals surface area contributed by atoms with Crippen LogP contribution in [0, 0.1) is 6.92 Å². The van der Waals surface area contributed by atoms with Crippen molar-refractivity contribution in [3.8, 4) is 5.75 Å². The van der Waals surface area contributed by atoms with Gasteiger partial charge in [-0.1, -0.05) is 0 Å². The molecule has 33 heavy (non-hydrogen) atoms. The fourth-order valence-corrected chi connectivity index (χ4v) is 4.63. The highest BCUT2D eigenvalue weighted by Gasteiger charge is 2.37. The number of hydrogen-bond acceptors (Lipinski definition) is 8. The summed E-state index contributed by atoms with van der Waals surface area (Å²) in [5.41, 5.74) is 1.22. The number of aromatic nitrogens is 1. The Balaban J connectivity index is 1.28. The van der Waals surface area contributed by atoms with Crippen LogP contribution in [0.1, 0.15) is 37.2 Å². The Bertz CT molecular complexity index is 1080. The first-order valence-electron chi connectivity index (χ1n) is 10.3. The quantitative estimate of drug-likeness (QED) is 0.500. The van der Waals surface area contributed by atoms with E-state index >= 15 is 0 Å². The second-order valence-corrected chi connectivity index (χ2v) is 8.77. The van der Waals surface area contributed by atoms with Crippen LogP contribution in [-0.2, 0) is 11.0 Å². The average molecular weight is 482 g/mol. The van der Waals surface area contributed by atoms with Crippen molar-refractivity contribution in [1.29, 1.82) is 0 Å². The number of amides is 1. The van der Waals surface area contributed by atoms with Crippen molar-refractivity contribution in [1.82, 2.24) is 14.8 Å². The van der Waals surface area contributed by atoms with E-state index in [1.807, 2.05) is 4.90 Å². The van der Waals surface area contributed by atoms with Gasteiger partial charge in [0.25, 0.3) is 5.91 Å². The monoisotopic (exact) mass is 482 g/mol. The normalized spacial score (nSPS) is 18.4. The molecule has 0 saturated carbocycles. The summed E-state index contributed by atoms with van der Waals surface area (Å²) >= 11 is 0.371. The van der Waals surface area contributed by atoms with Crippen LogP contribution in [0.15, 0.2) is 18.2 Å². The number of ketones is 1. The van der Waals surface area contributed by atoms with Crippen molar-refractivity contribution in [2.75, 3.05) is 38.0 Å². The molecule has 2 aromatic rings. The summed E-state index contributed by atoms with van der Waals surface area (Å²) in [5, 5.41) is 1.85. The first kappa shape index (κ1) is 23.2. The second kappa shape index (κ2) is 9.10. The van der Waals surface area contributed by atoms with Gasteiger partial charge in [0.15, 0.2) is 17.1 Å². The van der Waals surface area contributed by atoms with Gasteiger partial charge in [0, 0.05) is 44.7 Å². The number of nitrogens with zero attached hydrogens (tertiary/aromatic N) is 3. The number of hydrogen-bond donors (Lipinski definition) is 1. The third-order valence-corrected chi connectivity index (χ3v) is 6.72. The molecule has 1 fully saturated rings. The van der Waals surface area contributed by atoms with Gasteiger partial charge in [-0.15, -0.1) is 11.3 Å². The van der Waals surface area contributed by atoms with E-state index in [2.05, 4.69) is 10.3 Å². The number of nitrogens with one attached hydrogen (secondary N) is 1. The largest absolute Gasteiger partial charge is 0.461 e. The highest BCUT2D eigenvalue weighted by molar-refractivity contribution is 7.13. The zero-order valence-corrected chi connectivity index (χ0v) is 18.5. The van der Waals surface area contributed by atoms with E-state index < -0.39 is 23.3 Å². The van der Waals surface area contributed by atoms with Gasteiger partial charge < -0.3 is 15.0 Å². The summed E-state index contributed by atoms with van der Waals surface area (Å²) in [6, 6.07) is 4.98. The zero-order valence-electron chi connectivity index (χ0n) is 17.6.